The summed E-state index contributed by atoms with van der Waals surface area (Å²) in [6, 6.07) is 7.59. The van der Waals surface area contributed by atoms with Crippen LogP contribution in [0.15, 0.2) is 24.3 Å². The van der Waals surface area contributed by atoms with E-state index in [-0.39, 0.29) is 17.4 Å². The molecule has 0 aromatic heterocycles. The Morgan fingerprint density at radius 2 is 2.00 bits per heavy atom. The lowest BCUT2D eigenvalue weighted by Gasteiger charge is -2.26. The summed E-state index contributed by atoms with van der Waals surface area (Å²) in [6.45, 7) is 3.20. The molecule has 0 radical (unpaired) electrons. The summed E-state index contributed by atoms with van der Waals surface area (Å²) in [6.07, 6.45) is 0. The Balaban J connectivity index is 1.98. The Bertz CT molecular complexity index is 632. The van der Waals surface area contributed by atoms with Crippen molar-refractivity contribution in [2.75, 3.05) is 51.8 Å². The highest BCUT2D eigenvalue weighted by Crippen LogP contribution is 2.13. The van der Waals surface area contributed by atoms with E-state index in [1.54, 1.807) is 11.9 Å². The van der Waals surface area contributed by atoms with Gasteiger partial charge in [-0.1, -0.05) is 12.1 Å². The first kappa shape index (κ1) is 17.9. The zero-order chi connectivity index (χ0) is 16.9. The minimum Gasteiger partial charge on any atom is -0.340 e. The minimum absolute atomic E-state index is 0.00308. The summed E-state index contributed by atoms with van der Waals surface area (Å²) in [5.41, 5.74) is 1.71. The van der Waals surface area contributed by atoms with Gasteiger partial charge < -0.3 is 10.2 Å². The first-order valence-corrected chi connectivity index (χ1v) is 9.65. The zero-order valence-electron chi connectivity index (χ0n) is 13.8. The standard InChI is InChI=1S/C16H25N3O3S/c1-17-6-7-18(2)16(20)15-5-3-4-14(12-15)13-19-8-10-23(21,22)11-9-19/h3-5,12,17H,6-11,13H2,1-2H3. The van der Waals surface area contributed by atoms with Crippen LogP contribution in [0, 0.1) is 0 Å². The molecule has 1 aromatic carbocycles. The van der Waals surface area contributed by atoms with Crippen molar-refractivity contribution >= 4 is 15.7 Å². The molecular formula is C16H25N3O3S. The van der Waals surface area contributed by atoms with Crippen molar-refractivity contribution in [3.8, 4) is 0 Å². The van der Waals surface area contributed by atoms with Gasteiger partial charge in [-0.25, -0.2) is 8.42 Å². The average molecular weight is 339 g/mol. The second-order valence-electron chi connectivity index (χ2n) is 5.96. The number of hydrogen-bond acceptors (Lipinski definition) is 5. The van der Waals surface area contributed by atoms with Gasteiger partial charge in [0.1, 0.15) is 0 Å². The number of nitrogens with zero attached hydrogens (tertiary/aromatic N) is 2. The largest absolute Gasteiger partial charge is 0.340 e. The zero-order valence-corrected chi connectivity index (χ0v) is 14.6. The van der Waals surface area contributed by atoms with E-state index in [4.69, 9.17) is 0 Å². The summed E-state index contributed by atoms with van der Waals surface area (Å²) in [7, 11) is 0.794. The molecule has 0 aliphatic carbocycles. The maximum absolute atomic E-state index is 12.4. The van der Waals surface area contributed by atoms with E-state index >= 15 is 0 Å². The van der Waals surface area contributed by atoms with E-state index < -0.39 is 9.84 Å². The van der Waals surface area contributed by atoms with Crippen molar-refractivity contribution in [1.82, 2.24) is 15.1 Å². The molecule has 1 aliphatic heterocycles. The molecule has 1 amide bonds. The fraction of sp³-hybridized carbons (Fsp3) is 0.562. The second kappa shape index (κ2) is 7.90. The van der Waals surface area contributed by atoms with E-state index in [0.29, 0.717) is 31.7 Å². The van der Waals surface area contributed by atoms with Crippen molar-refractivity contribution in [1.29, 1.82) is 0 Å². The number of amides is 1. The van der Waals surface area contributed by atoms with Crippen molar-refractivity contribution in [3.63, 3.8) is 0 Å². The molecule has 0 unspecified atom stereocenters. The van der Waals surface area contributed by atoms with Crippen LogP contribution in [0.2, 0.25) is 0 Å². The number of likely N-dealkylation sites (N-methyl/N-ethyl adjacent to an activating group) is 2. The first-order valence-electron chi connectivity index (χ1n) is 7.83. The predicted octanol–water partition coefficient (Wildman–Crippen LogP) is 0.208. The van der Waals surface area contributed by atoms with Gasteiger partial charge in [-0.3, -0.25) is 9.69 Å². The second-order valence-corrected chi connectivity index (χ2v) is 8.26. The molecule has 0 atom stereocenters. The van der Waals surface area contributed by atoms with Crippen LogP contribution in [0.3, 0.4) is 0 Å². The topological polar surface area (TPSA) is 69.7 Å². The van der Waals surface area contributed by atoms with Crippen LogP contribution in [0.1, 0.15) is 15.9 Å². The number of nitrogens with one attached hydrogen (secondary N) is 1. The van der Waals surface area contributed by atoms with Gasteiger partial charge >= 0.3 is 0 Å². The summed E-state index contributed by atoms with van der Waals surface area (Å²) in [5.74, 6) is 0.444. The molecule has 0 saturated carbocycles. The van der Waals surface area contributed by atoms with Gasteiger partial charge in [0, 0.05) is 45.3 Å². The summed E-state index contributed by atoms with van der Waals surface area (Å²) in [5, 5.41) is 3.03. The molecule has 1 N–H and O–H groups in total. The van der Waals surface area contributed by atoms with Gasteiger partial charge in [-0.2, -0.15) is 0 Å². The average Bonchev–Trinajstić information content (AvgIpc) is 2.54. The van der Waals surface area contributed by atoms with Gasteiger partial charge in [0.25, 0.3) is 5.91 Å². The van der Waals surface area contributed by atoms with Crippen LogP contribution in [-0.4, -0.2) is 75.9 Å². The summed E-state index contributed by atoms with van der Waals surface area (Å²) in [4.78, 5) is 16.2. The lowest BCUT2D eigenvalue weighted by molar-refractivity contribution is 0.0796. The Labute approximate surface area is 138 Å². The first-order chi connectivity index (χ1) is 10.9. The Hall–Kier alpha value is -1.44. The van der Waals surface area contributed by atoms with Crippen molar-refractivity contribution in [3.05, 3.63) is 35.4 Å². The van der Waals surface area contributed by atoms with E-state index in [9.17, 15) is 13.2 Å². The Morgan fingerprint density at radius 1 is 1.30 bits per heavy atom. The Kier molecular flexibility index (Phi) is 6.15. The molecular weight excluding hydrogens is 314 g/mol. The molecule has 0 spiro atoms. The molecule has 2 rings (SSSR count). The molecule has 1 fully saturated rings. The number of carbonyl (C=O) groups excluding carboxylic acids is 1. The van der Waals surface area contributed by atoms with Crippen LogP contribution < -0.4 is 5.32 Å². The van der Waals surface area contributed by atoms with E-state index in [0.717, 1.165) is 12.1 Å². The minimum atomic E-state index is -2.86. The van der Waals surface area contributed by atoms with Crippen molar-refractivity contribution < 1.29 is 13.2 Å². The van der Waals surface area contributed by atoms with Crippen LogP contribution in [-0.2, 0) is 16.4 Å². The van der Waals surface area contributed by atoms with Crippen LogP contribution >= 0.6 is 0 Å². The van der Waals surface area contributed by atoms with E-state index in [1.807, 2.05) is 31.3 Å². The van der Waals surface area contributed by atoms with Crippen LogP contribution in [0.4, 0.5) is 0 Å². The van der Waals surface area contributed by atoms with Crippen molar-refractivity contribution in [2.24, 2.45) is 0 Å². The predicted molar refractivity (Wildman–Crippen MR) is 91.3 cm³/mol. The highest BCUT2D eigenvalue weighted by Gasteiger charge is 2.21. The monoisotopic (exact) mass is 339 g/mol. The molecule has 23 heavy (non-hydrogen) atoms. The molecule has 0 bridgehead atoms. The molecule has 6 nitrogen and oxygen atoms in total. The number of hydrogen-bond donors (Lipinski definition) is 1. The Morgan fingerprint density at radius 3 is 2.65 bits per heavy atom. The van der Waals surface area contributed by atoms with Crippen LogP contribution in [0.5, 0.6) is 0 Å². The lowest BCUT2D eigenvalue weighted by Crippen LogP contribution is -2.39. The summed E-state index contributed by atoms with van der Waals surface area (Å²) >= 11 is 0. The maximum atomic E-state index is 12.4. The van der Waals surface area contributed by atoms with Crippen LogP contribution in [0.25, 0.3) is 0 Å². The number of rotatable bonds is 6. The SMILES string of the molecule is CNCCN(C)C(=O)c1cccc(CN2CCS(=O)(=O)CC2)c1. The normalized spacial score (nSPS) is 17.8. The maximum Gasteiger partial charge on any atom is 0.253 e. The van der Waals surface area contributed by atoms with E-state index in [2.05, 4.69) is 10.2 Å². The van der Waals surface area contributed by atoms with Gasteiger partial charge in [0.05, 0.1) is 11.5 Å². The molecule has 128 valence electrons. The smallest absolute Gasteiger partial charge is 0.253 e. The highest BCUT2D eigenvalue weighted by atomic mass is 32.2. The lowest BCUT2D eigenvalue weighted by atomic mass is 10.1. The molecule has 7 heteroatoms. The number of sulfone groups is 1. The summed E-state index contributed by atoms with van der Waals surface area (Å²) < 4.78 is 22.9. The van der Waals surface area contributed by atoms with Gasteiger partial charge in [-0.15, -0.1) is 0 Å². The number of benzene rings is 1. The van der Waals surface area contributed by atoms with Gasteiger partial charge in [0.15, 0.2) is 9.84 Å². The fourth-order valence-electron chi connectivity index (χ4n) is 2.57. The fourth-order valence-corrected chi connectivity index (χ4v) is 3.85. The molecule has 1 heterocycles. The molecule has 1 saturated heterocycles. The third kappa shape index (κ3) is 5.30. The molecule has 1 aliphatic rings. The number of carbonyl (C=O) groups is 1. The van der Waals surface area contributed by atoms with E-state index in [1.165, 1.54) is 0 Å². The quantitative estimate of drug-likeness (QED) is 0.802. The van der Waals surface area contributed by atoms with Gasteiger partial charge in [0.2, 0.25) is 0 Å². The third-order valence-corrected chi connectivity index (χ3v) is 5.67. The molecule has 1 aromatic rings. The van der Waals surface area contributed by atoms with Crippen molar-refractivity contribution in [2.45, 2.75) is 6.54 Å². The third-order valence-electron chi connectivity index (χ3n) is 4.06. The van der Waals surface area contributed by atoms with Gasteiger partial charge in [-0.05, 0) is 24.7 Å². The highest BCUT2D eigenvalue weighted by molar-refractivity contribution is 7.91.